The van der Waals surface area contributed by atoms with E-state index in [9.17, 15) is 18.0 Å². The summed E-state index contributed by atoms with van der Waals surface area (Å²) in [7, 11) is -3.69. The van der Waals surface area contributed by atoms with Gasteiger partial charge < -0.3 is 4.74 Å². The quantitative estimate of drug-likeness (QED) is 0.539. The van der Waals surface area contributed by atoms with Crippen LogP contribution in [0, 0.1) is 6.92 Å². The second-order valence-corrected chi connectivity index (χ2v) is 8.52. The summed E-state index contributed by atoms with van der Waals surface area (Å²) in [6.07, 6.45) is 0. The molecule has 0 fully saturated rings. The molecule has 0 unspecified atom stereocenters. The van der Waals surface area contributed by atoms with Gasteiger partial charge >= 0.3 is 5.97 Å². The van der Waals surface area contributed by atoms with Gasteiger partial charge in [-0.2, -0.15) is 0 Å². The smallest absolute Gasteiger partial charge is 0.338 e. The number of esters is 1. The van der Waals surface area contributed by atoms with Crippen molar-refractivity contribution in [1.29, 1.82) is 0 Å². The standard InChI is InChI=1S/C21H25NO5S/c1-5-22-28(25,26)18-11-6-15(4)19(12-18)21(24)27-13-20(23)17-9-7-16(8-10-17)14(2)3/h6-12,14,22H,5,13H2,1-4H3. The van der Waals surface area contributed by atoms with Crippen LogP contribution in [-0.4, -0.2) is 33.3 Å². The van der Waals surface area contributed by atoms with Crippen LogP contribution in [0.2, 0.25) is 0 Å². The SMILES string of the molecule is CCNS(=O)(=O)c1ccc(C)c(C(=O)OCC(=O)c2ccc(C(C)C)cc2)c1. The lowest BCUT2D eigenvalue weighted by Crippen LogP contribution is -2.23. The van der Waals surface area contributed by atoms with Crippen molar-refractivity contribution in [3.63, 3.8) is 0 Å². The number of nitrogens with one attached hydrogen (secondary N) is 1. The number of ether oxygens (including phenoxy) is 1. The van der Waals surface area contributed by atoms with E-state index in [0.717, 1.165) is 5.56 Å². The molecule has 2 aromatic rings. The lowest BCUT2D eigenvalue weighted by Gasteiger charge is -2.10. The molecular weight excluding hydrogens is 378 g/mol. The highest BCUT2D eigenvalue weighted by Gasteiger charge is 2.19. The fourth-order valence-electron chi connectivity index (χ4n) is 2.61. The summed E-state index contributed by atoms with van der Waals surface area (Å²) in [6.45, 7) is 7.28. The maximum Gasteiger partial charge on any atom is 0.338 e. The van der Waals surface area contributed by atoms with E-state index >= 15 is 0 Å². The summed E-state index contributed by atoms with van der Waals surface area (Å²) in [6, 6.07) is 11.4. The minimum atomic E-state index is -3.69. The number of ketones is 1. The molecule has 0 amide bonds. The maximum atomic E-state index is 12.4. The molecule has 0 radical (unpaired) electrons. The van der Waals surface area contributed by atoms with Crippen LogP contribution in [0.5, 0.6) is 0 Å². The number of rotatable bonds is 8. The third-order valence-corrected chi connectivity index (χ3v) is 5.85. The van der Waals surface area contributed by atoms with Gasteiger partial charge in [-0.3, -0.25) is 4.79 Å². The van der Waals surface area contributed by atoms with Gasteiger partial charge in [0.15, 0.2) is 12.4 Å². The molecule has 0 aliphatic carbocycles. The summed E-state index contributed by atoms with van der Waals surface area (Å²) < 4.78 is 31.8. The van der Waals surface area contributed by atoms with E-state index in [1.807, 2.05) is 12.1 Å². The minimum absolute atomic E-state index is 0.0255. The van der Waals surface area contributed by atoms with Crippen LogP contribution in [0.3, 0.4) is 0 Å². The van der Waals surface area contributed by atoms with Crippen LogP contribution in [0.25, 0.3) is 0 Å². The zero-order chi connectivity index (χ0) is 20.9. The van der Waals surface area contributed by atoms with Crippen LogP contribution in [0.15, 0.2) is 47.4 Å². The topological polar surface area (TPSA) is 89.5 Å². The first-order chi connectivity index (χ1) is 13.2. The number of hydrogen-bond donors (Lipinski definition) is 1. The molecule has 0 spiro atoms. The van der Waals surface area contributed by atoms with Gasteiger partial charge in [0.05, 0.1) is 10.5 Å². The third kappa shape index (κ3) is 5.27. The summed E-state index contributed by atoms with van der Waals surface area (Å²) >= 11 is 0. The Labute approximate surface area is 166 Å². The van der Waals surface area contributed by atoms with Crippen molar-refractivity contribution < 1.29 is 22.7 Å². The highest BCUT2D eigenvalue weighted by molar-refractivity contribution is 7.89. The van der Waals surface area contributed by atoms with Gasteiger partial charge in [0.1, 0.15) is 0 Å². The molecule has 2 aromatic carbocycles. The fourth-order valence-corrected chi connectivity index (χ4v) is 3.67. The van der Waals surface area contributed by atoms with Gasteiger partial charge in [-0.1, -0.05) is 51.1 Å². The van der Waals surface area contributed by atoms with Gasteiger partial charge in [-0.15, -0.1) is 0 Å². The summed E-state index contributed by atoms with van der Waals surface area (Å²) in [5.74, 6) is -0.702. The zero-order valence-corrected chi connectivity index (χ0v) is 17.3. The van der Waals surface area contributed by atoms with E-state index in [4.69, 9.17) is 4.74 Å². The van der Waals surface area contributed by atoms with E-state index in [-0.39, 0.29) is 22.8 Å². The fraction of sp³-hybridized carbons (Fsp3) is 0.333. The summed E-state index contributed by atoms with van der Waals surface area (Å²) in [5.41, 5.74) is 2.25. The van der Waals surface area contributed by atoms with Crippen LogP contribution >= 0.6 is 0 Å². The average Bonchev–Trinajstić information content (AvgIpc) is 2.66. The minimum Gasteiger partial charge on any atom is -0.454 e. The molecule has 0 saturated heterocycles. The Morgan fingerprint density at radius 1 is 1.07 bits per heavy atom. The molecule has 0 saturated carbocycles. The van der Waals surface area contributed by atoms with Crippen LogP contribution in [-0.2, 0) is 14.8 Å². The van der Waals surface area contributed by atoms with E-state index in [2.05, 4.69) is 18.6 Å². The number of benzene rings is 2. The predicted octanol–water partition coefficient (Wildman–Crippen LogP) is 3.46. The van der Waals surface area contributed by atoms with Crippen molar-refractivity contribution in [2.24, 2.45) is 0 Å². The number of sulfonamides is 1. The molecule has 7 heteroatoms. The second-order valence-electron chi connectivity index (χ2n) is 6.75. The number of hydrogen-bond acceptors (Lipinski definition) is 5. The molecule has 2 rings (SSSR count). The van der Waals surface area contributed by atoms with Crippen molar-refractivity contribution in [2.45, 2.75) is 38.5 Å². The van der Waals surface area contributed by atoms with Crippen LogP contribution < -0.4 is 4.72 Å². The molecule has 0 heterocycles. The molecule has 28 heavy (non-hydrogen) atoms. The van der Waals surface area contributed by atoms with Crippen molar-refractivity contribution in [1.82, 2.24) is 4.72 Å². The number of carbonyl (C=O) groups is 2. The Bertz CT molecular complexity index is 963. The van der Waals surface area contributed by atoms with Crippen molar-refractivity contribution in [2.75, 3.05) is 13.2 Å². The first-order valence-electron chi connectivity index (χ1n) is 9.06. The summed E-state index contributed by atoms with van der Waals surface area (Å²) in [5, 5.41) is 0. The van der Waals surface area contributed by atoms with Crippen molar-refractivity contribution in [3.8, 4) is 0 Å². The molecule has 1 N–H and O–H groups in total. The van der Waals surface area contributed by atoms with E-state index in [1.54, 1.807) is 26.0 Å². The maximum absolute atomic E-state index is 12.4. The lowest BCUT2D eigenvalue weighted by atomic mass is 10.0. The Kier molecular flexibility index (Phi) is 7.10. The molecule has 0 bridgehead atoms. The monoisotopic (exact) mass is 403 g/mol. The number of Topliss-reactive ketones (excluding diaryl/α,β-unsaturated/α-hetero) is 1. The molecule has 0 atom stereocenters. The Morgan fingerprint density at radius 2 is 1.71 bits per heavy atom. The zero-order valence-electron chi connectivity index (χ0n) is 16.5. The van der Waals surface area contributed by atoms with Crippen LogP contribution in [0.1, 0.15) is 58.5 Å². The Balaban J connectivity index is 2.11. The highest BCUT2D eigenvalue weighted by Crippen LogP contribution is 2.18. The molecule has 0 aliphatic rings. The second kappa shape index (κ2) is 9.12. The normalized spacial score (nSPS) is 11.5. The van der Waals surface area contributed by atoms with Crippen molar-refractivity contribution >= 4 is 21.8 Å². The lowest BCUT2D eigenvalue weighted by molar-refractivity contribution is 0.0473. The van der Waals surface area contributed by atoms with E-state index < -0.39 is 22.6 Å². The first kappa shape index (κ1) is 21.8. The average molecular weight is 404 g/mol. The third-order valence-electron chi connectivity index (χ3n) is 4.31. The van der Waals surface area contributed by atoms with E-state index in [1.165, 1.54) is 18.2 Å². The highest BCUT2D eigenvalue weighted by atomic mass is 32.2. The summed E-state index contributed by atoms with van der Waals surface area (Å²) in [4.78, 5) is 24.6. The van der Waals surface area contributed by atoms with Gasteiger partial charge in [0.25, 0.3) is 0 Å². The molecule has 0 aromatic heterocycles. The first-order valence-corrected chi connectivity index (χ1v) is 10.5. The van der Waals surface area contributed by atoms with Crippen LogP contribution in [0.4, 0.5) is 0 Å². The molecule has 150 valence electrons. The van der Waals surface area contributed by atoms with Gasteiger partial charge in [-0.05, 0) is 36.1 Å². The van der Waals surface area contributed by atoms with Gasteiger partial charge in [0, 0.05) is 12.1 Å². The molecular formula is C21H25NO5S. The van der Waals surface area contributed by atoms with Gasteiger partial charge in [0.2, 0.25) is 10.0 Å². The Morgan fingerprint density at radius 3 is 2.29 bits per heavy atom. The largest absolute Gasteiger partial charge is 0.454 e. The van der Waals surface area contributed by atoms with Crippen molar-refractivity contribution in [3.05, 3.63) is 64.7 Å². The number of aryl methyl sites for hydroxylation is 1. The number of carbonyl (C=O) groups excluding carboxylic acids is 2. The molecule has 0 aliphatic heterocycles. The van der Waals surface area contributed by atoms with Gasteiger partial charge in [-0.25, -0.2) is 17.9 Å². The molecule has 6 nitrogen and oxygen atoms in total. The Hall–Kier alpha value is -2.51. The van der Waals surface area contributed by atoms with E-state index in [0.29, 0.717) is 17.0 Å². The predicted molar refractivity (Wildman–Crippen MR) is 107 cm³/mol.